The summed E-state index contributed by atoms with van der Waals surface area (Å²) >= 11 is 0. The first-order valence-electron chi connectivity index (χ1n) is 21.3. The minimum atomic E-state index is -0.522. The van der Waals surface area contributed by atoms with E-state index in [2.05, 4.69) is 233 Å². The van der Waals surface area contributed by atoms with Crippen LogP contribution in [0.4, 0.5) is 17.1 Å². The van der Waals surface area contributed by atoms with E-state index in [0.717, 1.165) is 17.1 Å². The zero-order chi connectivity index (χ0) is 40.4. The van der Waals surface area contributed by atoms with Crippen molar-refractivity contribution < 1.29 is 0 Å². The molecule has 60 heavy (non-hydrogen) atoms. The van der Waals surface area contributed by atoms with Gasteiger partial charge in [-0.3, -0.25) is 0 Å². The molecule has 0 fully saturated rings. The molecule has 0 amide bonds. The van der Waals surface area contributed by atoms with E-state index in [-0.39, 0.29) is 10.8 Å². The van der Waals surface area contributed by atoms with Crippen molar-refractivity contribution in [1.82, 2.24) is 0 Å². The first-order chi connectivity index (χ1) is 29.3. The fourth-order valence-electron chi connectivity index (χ4n) is 11.4. The molecule has 286 valence electrons. The molecule has 0 saturated carbocycles. The molecule has 0 bridgehead atoms. The van der Waals surface area contributed by atoms with E-state index in [1.54, 1.807) is 0 Å². The van der Waals surface area contributed by atoms with Crippen molar-refractivity contribution in [3.63, 3.8) is 0 Å². The largest absolute Gasteiger partial charge is 0.310 e. The Morgan fingerprint density at radius 3 is 1.40 bits per heavy atom. The summed E-state index contributed by atoms with van der Waals surface area (Å²) in [7, 11) is 0. The van der Waals surface area contributed by atoms with E-state index in [4.69, 9.17) is 0 Å². The Morgan fingerprint density at radius 1 is 0.283 bits per heavy atom. The lowest BCUT2D eigenvalue weighted by atomic mass is 9.67. The van der Waals surface area contributed by atoms with Crippen LogP contribution in [0.2, 0.25) is 0 Å². The third kappa shape index (κ3) is 4.69. The highest BCUT2D eigenvalue weighted by molar-refractivity contribution is 5.95. The van der Waals surface area contributed by atoms with Crippen LogP contribution in [-0.2, 0) is 16.2 Å². The maximum absolute atomic E-state index is 2.53. The van der Waals surface area contributed by atoms with Crippen LogP contribution in [0.1, 0.15) is 72.2 Å². The molecule has 0 spiro atoms. The van der Waals surface area contributed by atoms with Gasteiger partial charge in [0.05, 0.1) is 5.41 Å². The highest BCUT2D eigenvalue weighted by Crippen LogP contribution is 2.59. The number of fused-ring (bicyclic) bond motifs is 10. The van der Waals surface area contributed by atoms with Gasteiger partial charge in [-0.15, -0.1) is 0 Å². The third-order valence-corrected chi connectivity index (χ3v) is 14.3. The summed E-state index contributed by atoms with van der Waals surface area (Å²) in [6, 6.07) is 75.5. The van der Waals surface area contributed by atoms with Crippen LogP contribution in [0.5, 0.6) is 0 Å². The second-order valence-corrected chi connectivity index (χ2v) is 18.1. The normalized spacial score (nSPS) is 15.4. The number of para-hydroxylation sites is 1. The van der Waals surface area contributed by atoms with Crippen molar-refractivity contribution in [2.45, 2.75) is 43.9 Å². The van der Waals surface area contributed by atoms with Gasteiger partial charge in [-0.05, 0) is 143 Å². The second kappa shape index (κ2) is 12.5. The monoisotopic (exact) mass is 767 g/mol. The molecule has 0 N–H and O–H groups in total. The van der Waals surface area contributed by atoms with E-state index < -0.39 is 5.41 Å². The molecule has 0 heterocycles. The summed E-state index contributed by atoms with van der Waals surface area (Å²) in [6.45, 7) is 9.50. The van der Waals surface area contributed by atoms with Gasteiger partial charge in [0, 0.05) is 27.9 Å². The maximum atomic E-state index is 2.53. The van der Waals surface area contributed by atoms with Gasteiger partial charge < -0.3 is 4.90 Å². The van der Waals surface area contributed by atoms with Gasteiger partial charge in [0.15, 0.2) is 0 Å². The SMILES string of the molecule is CC1(C)c2ccccc2-c2ccc(N(c3ccccc3)c3ccc(C4(c5ccc6c(c5)-c5cc7ccccc7cc5C6(C)C)c5ccccc5-c5ccccc54)cc3)cc21. The fraction of sp³-hybridized carbons (Fsp3) is 0.119. The lowest BCUT2D eigenvalue weighted by molar-refractivity contribution is 0.660. The summed E-state index contributed by atoms with van der Waals surface area (Å²) in [5, 5.41) is 2.58. The average Bonchev–Trinajstić information content (AvgIpc) is 3.81. The number of rotatable bonds is 5. The van der Waals surface area contributed by atoms with E-state index in [1.165, 1.54) is 88.7 Å². The Hall–Kier alpha value is -6.96. The van der Waals surface area contributed by atoms with Gasteiger partial charge >= 0.3 is 0 Å². The van der Waals surface area contributed by atoms with Crippen molar-refractivity contribution in [3.8, 4) is 33.4 Å². The first-order valence-corrected chi connectivity index (χ1v) is 21.3. The van der Waals surface area contributed by atoms with Gasteiger partial charge in [-0.25, -0.2) is 0 Å². The molecule has 3 aliphatic rings. The van der Waals surface area contributed by atoms with Crippen LogP contribution in [0.25, 0.3) is 44.2 Å². The zero-order valence-corrected chi connectivity index (χ0v) is 34.5. The number of nitrogens with zero attached hydrogens (tertiary/aromatic N) is 1. The van der Waals surface area contributed by atoms with E-state index in [1.807, 2.05) is 0 Å². The van der Waals surface area contributed by atoms with Gasteiger partial charge in [0.25, 0.3) is 0 Å². The topological polar surface area (TPSA) is 3.24 Å². The molecule has 1 heteroatoms. The lowest BCUT2D eigenvalue weighted by Crippen LogP contribution is -2.29. The minimum Gasteiger partial charge on any atom is -0.310 e. The van der Waals surface area contributed by atoms with Crippen LogP contribution in [-0.4, -0.2) is 0 Å². The van der Waals surface area contributed by atoms with Crippen molar-refractivity contribution in [2.75, 3.05) is 4.90 Å². The van der Waals surface area contributed by atoms with Gasteiger partial charge in [0.2, 0.25) is 0 Å². The number of benzene rings is 9. The highest BCUT2D eigenvalue weighted by Gasteiger charge is 2.47. The summed E-state index contributed by atoms with van der Waals surface area (Å²) in [4.78, 5) is 2.42. The second-order valence-electron chi connectivity index (χ2n) is 18.1. The van der Waals surface area contributed by atoms with E-state index in [9.17, 15) is 0 Å². The van der Waals surface area contributed by atoms with Crippen molar-refractivity contribution in [3.05, 3.63) is 245 Å². The van der Waals surface area contributed by atoms with Gasteiger partial charge in [-0.1, -0.05) is 173 Å². The lowest BCUT2D eigenvalue weighted by Gasteiger charge is -2.35. The van der Waals surface area contributed by atoms with E-state index >= 15 is 0 Å². The third-order valence-electron chi connectivity index (χ3n) is 14.3. The van der Waals surface area contributed by atoms with Crippen LogP contribution in [0, 0.1) is 0 Å². The molecule has 3 aliphatic carbocycles. The molecule has 0 aromatic heterocycles. The molecular formula is C59H45N. The molecule has 9 aromatic rings. The summed E-state index contributed by atoms with van der Waals surface area (Å²) in [6.07, 6.45) is 0. The number of hydrogen-bond donors (Lipinski definition) is 0. The zero-order valence-electron chi connectivity index (χ0n) is 34.5. The van der Waals surface area contributed by atoms with Gasteiger partial charge in [0.1, 0.15) is 0 Å². The standard InChI is InChI=1S/C59H45N/c1-57(2)51-23-13-10-20-45(51)48-32-31-44(37-56(48)57)60(42-18-6-5-7-19-42)43-29-26-40(27-30-43)59(53-24-14-11-21-46(53)47-22-12-15-25-54(47)59)41-28-33-52-50(36-41)49-34-38-16-8-9-17-39(38)35-55(49)58(52,3)4/h5-37H,1-4H3. The Balaban J connectivity index is 1.06. The molecule has 9 aromatic carbocycles. The number of anilines is 3. The Kier molecular flexibility index (Phi) is 7.31. The first kappa shape index (κ1) is 35.0. The molecule has 0 unspecified atom stereocenters. The quantitative estimate of drug-likeness (QED) is 0.169. The molecule has 0 saturated heterocycles. The van der Waals surface area contributed by atoms with Crippen molar-refractivity contribution >= 4 is 27.8 Å². The maximum Gasteiger partial charge on any atom is 0.0713 e. The van der Waals surface area contributed by atoms with Crippen molar-refractivity contribution in [2.24, 2.45) is 0 Å². The van der Waals surface area contributed by atoms with Crippen LogP contribution >= 0.6 is 0 Å². The summed E-state index contributed by atoms with van der Waals surface area (Å²) < 4.78 is 0. The average molecular weight is 768 g/mol. The highest BCUT2D eigenvalue weighted by atomic mass is 15.1. The Morgan fingerprint density at radius 2 is 0.733 bits per heavy atom. The summed E-state index contributed by atoms with van der Waals surface area (Å²) in [5.41, 5.74) is 21.4. The van der Waals surface area contributed by atoms with E-state index in [0.29, 0.717) is 0 Å². The fourth-order valence-corrected chi connectivity index (χ4v) is 11.4. The van der Waals surface area contributed by atoms with Crippen molar-refractivity contribution in [1.29, 1.82) is 0 Å². The molecule has 1 nitrogen and oxygen atoms in total. The smallest absolute Gasteiger partial charge is 0.0713 e. The molecule has 0 aliphatic heterocycles. The molecule has 12 rings (SSSR count). The predicted octanol–water partition coefficient (Wildman–Crippen LogP) is 15.3. The number of hydrogen-bond acceptors (Lipinski definition) is 1. The minimum absolute atomic E-state index is 0.0948. The molecule has 0 atom stereocenters. The summed E-state index contributed by atoms with van der Waals surface area (Å²) in [5.74, 6) is 0. The van der Waals surface area contributed by atoms with Crippen LogP contribution in [0.15, 0.2) is 200 Å². The van der Waals surface area contributed by atoms with Crippen LogP contribution in [0.3, 0.4) is 0 Å². The van der Waals surface area contributed by atoms with Gasteiger partial charge in [-0.2, -0.15) is 0 Å². The Labute approximate surface area is 353 Å². The Bertz CT molecular complexity index is 3160. The molecular weight excluding hydrogens is 723 g/mol. The molecule has 0 radical (unpaired) electrons. The van der Waals surface area contributed by atoms with Crippen LogP contribution < -0.4 is 4.90 Å². The predicted molar refractivity (Wildman–Crippen MR) is 251 cm³/mol.